The van der Waals surface area contributed by atoms with E-state index in [2.05, 4.69) is 27.4 Å². The summed E-state index contributed by atoms with van der Waals surface area (Å²) in [5.41, 5.74) is 4.00. The number of pyridine rings is 1. The minimum absolute atomic E-state index is 0.162. The maximum absolute atomic E-state index is 12.4. The Morgan fingerprint density at radius 2 is 1.81 bits per heavy atom. The highest BCUT2D eigenvalue weighted by atomic mass is 16.3. The summed E-state index contributed by atoms with van der Waals surface area (Å²) in [5, 5.41) is 2.87. The van der Waals surface area contributed by atoms with Gasteiger partial charge in [-0.05, 0) is 42.3 Å². The van der Waals surface area contributed by atoms with Crippen molar-refractivity contribution in [1.82, 2.24) is 15.3 Å². The molecule has 2 heterocycles. The zero-order valence-corrected chi connectivity index (χ0v) is 14.8. The highest BCUT2D eigenvalue weighted by Crippen LogP contribution is 2.19. The van der Waals surface area contributed by atoms with Crippen LogP contribution < -0.4 is 5.32 Å². The normalized spacial score (nSPS) is 10.8. The quantitative estimate of drug-likeness (QED) is 0.567. The second-order valence-corrected chi connectivity index (χ2v) is 6.28. The van der Waals surface area contributed by atoms with E-state index in [1.54, 1.807) is 18.3 Å². The SMILES string of the molecule is O=C(NCc1ccccn1)c1ccc2nc(CCc3ccccc3)oc2c1. The maximum atomic E-state index is 12.4. The van der Waals surface area contributed by atoms with E-state index in [-0.39, 0.29) is 5.91 Å². The summed E-state index contributed by atoms with van der Waals surface area (Å²) in [5.74, 6) is 0.518. The Morgan fingerprint density at radius 3 is 2.63 bits per heavy atom. The van der Waals surface area contributed by atoms with E-state index < -0.39 is 0 Å². The van der Waals surface area contributed by atoms with E-state index in [1.807, 2.05) is 42.5 Å². The third-order valence-corrected chi connectivity index (χ3v) is 4.32. The van der Waals surface area contributed by atoms with Crippen LogP contribution in [-0.2, 0) is 19.4 Å². The standard InChI is InChI=1S/C22H19N3O2/c26-22(24-15-18-8-4-5-13-23-18)17-10-11-19-20(14-17)27-21(25-19)12-9-16-6-2-1-3-7-16/h1-8,10-11,13-14H,9,12,15H2,(H,24,26). The molecule has 0 atom stereocenters. The highest BCUT2D eigenvalue weighted by molar-refractivity contribution is 5.96. The lowest BCUT2D eigenvalue weighted by molar-refractivity contribution is 0.0950. The van der Waals surface area contributed by atoms with Crippen LogP contribution in [0.4, 0.5) is 0 Å². The molecule has 2 aromatic heterocycles. The lowest BCUT2D eigenvalue weighted by atomic mass is 10.1. The Kier molecular flexibility index (Phi) is 4.92. The molecule has 134 valence electrons. The summed E-state index contributed by atoms with van der Waals surface area (Å²) >= 11 is 0. The number of carbonyl (C=O) groups excluding carboxylic acids is 1. The van der Waals surface area contributed by atoms with Crippen LogP contribution in [0.3, 0.4) is 0 Å². The molecule has 2 aromatic carbocycles. The van der Waals surface area contributed by atoms with Crippen molar-refractivity contribution in [2.75, 3.05) is 0 Å². The lowest BCUT2D eigenvalue weighted by Gasteiger charge is -2.04. The molecule has 0 radical (unpaired) electrons. The first kappa shape index (κ1) is 17.0. The fourth-order valence-electron chi connectivity index (χ4n) is 2.89. The molecule has 0 spiro atoms. The van der Waals surface area contributed by atoms with E-state index in [9.17, 15) is 4.79 Å². The van der Waals surface area contributed by atoms with Crippen molar-refractivity contribution in [3.63, 3.8) is 0 Å². The van der Waals surface area contributed by atoms with Gasteiger partial charge in [0.05, 0.1) is 12.2 Å². The van der Waals surface area contributed by atoms with E-state index >= 15 is 0 Å². The van der Waals surface area contributed by atoms with Crippen LogP contribution in [0.15, 0.2) is 77.3 Å². The van der Waals surface area contributed by atoms with Gasteiger partial charge in [0.1, 0.15) is 5.52 Å². The van der Waals surface area contributed by atoms with Gasteiger partial charge in [-0.25, -0.2) is 4.98 Å². The van der Waals surface area contributed by atoms with Gasteiger partial charge in [0.2, 0.25) is 0 Å². The van der Waals surface area contributed by atoms with Gasteiger partial charge < -0.3 is 9.73 Å². The van der Waals surface area contributed by atoms with Gasteiger partial charge in [-0.2, -0.15) is 0 Å². The van der Waals surface area contributed by atoms with Crippen molar-refractivity contribution < 1.29 is 9.21 Å². The number of benzene rings is 2. The van der Waals surface area contributed by atoms with E-state index in [0.717, 1.165) is 24.1 Å². The van der Waals surface area contributed by atoms with Crippen molar-refractivity contribution >= 4 is 17.0 Å². The molecule has 0 aliphatic carbocycles. The van der Waals surface area contributed by atoms with Gasteiger partial charge in [0.25, 0.3) is 5.91 Å². The number of hydrogen-bond donors (Lipinski definition) is 1. The predicted octanol–water partition coefficient (Wildman–Crippen LogP) is 3.94. The molecule has 5 heteroatoms. The third kappa shape index (κ3) is 4.20. The van der Waals surface area contributed by atoms with Gasteiger partial charge in [-0.1, -0.05) is 36.4 Å². The zero-order chi connectivity index (χ0) is 18.5. The number of fused-ring (bicyclic) bond motifs is 1. The molecule has 0 aliphatic heterocycles. The molecule has 1 amide bonds. The molecule has 4 rings (SSSR count). The monoisotopic (exact) mass is 357 g/mol. The second kappa shape index (κ2) is 7.83. The summed E-state index contributed by atoms with van der Waals surface area (Å²) in [6, 6.07) is 21.2. The molecule has 0 saturated carbocycles. The number of nitrogens with zero attached hydrogens (tertiary/aromatic N) is 2. The Hall–Kier alpha value is -3.47. The van der Waals surface area contributed by atoms with Crippen molar-refractivity contribution in [1.29, 1.82) is 0 Å². The van der Waals surface area contributed by atoms with Gasteiger partial charge in [-0.15, -0.1) is 0 Å². The van der Waals surface area contributed by atoms with Crippen LogP contribution in [0.25, 0.3) is 11.1 Å². The summed E-state index contributed by atoms with van der Waals surface area (Å²) in [6.45, 7) is 0.385. The number of aromatic nitrogens is 2. The molecule has 27 heavy (non-hydrogen) atoms. The fourth-order valence-corrected chi connectivity index (χ4v) is 2.89. The van der Waals surface area contributed by atoms with Gasteiger partial charge in [0, 0.05) is 18.2 Å². The minimum Gasteiger partial charge on any atom is -0.441 e. The molecule has 4 aromatic rings. The molecular weight excluding hydrogens is 338 g/mol. The molecule has 0 unspecified atom stereocenters. The van der Waals surface area contributed by atoms with Crippen LogP contribution in [-0.4, -0.2) is 15.9 Å². The van der Waals surface area contributed by atoms with Crippen molar-refractivity contribution in [2.24, 2.45) is 0 Å². The van der Waals surface area contributed by atoms with Crippen LogP contribution in [0.5, 0.6) is 0 Å². The number of aryl methyl sites for hydroxylation is 2. The highest BCUT2D eigenvalue weighted by Gasteiger charge is 2.11. The smallest absolute Gasteiger partial charge is 0.251 e. The van der Waals surface area contributed by atoms with Gasteiger partial charge in [0.15, 0.2) is 11.5 Å². The maximum Gasteiger partial charge on any atom is 0.251 e. The van der Waals surface area contributed by atoms with Crippen molar-refractivity contribution in [3.8, 4) is 0 Å². The molecule has 0 saturated heterocycles. The van der Waals surface area contributed by atoms with Crippen LogP contribution >= 0.6 is 0 Å². The largest absolute Gasteiger partial charge is 0.441 e. The first-order valence-corrected chi connectivity index (χ1v) is 8.89. The zero-order valence-electron chi connectivity index (χ0n) is 14.8. The van der Waals surface area contributed by atoms with Gasteiger partial charge >= 0.3 is 0 Å². The average molecular weight is 357 g/mol. The summed E-state index contributed by atoms with van der Waals surface area (Å²) < 4.78 is 5.84. The number of amides is 1. The van der Waals surface area contributed by atoms with E-state index in [1.165, 1.54) is 5.56 Å². The second-order valence-electron chi connectivity index (χ2n) is 6.28. The summed E-state index contributed by atoms with van der Waals surface area (Å²) in [6.07, 6.45) is 3.30. The topological polar surface area (TPSA) is 68.0 Å². The molecule has 0 aliphatic rings. The first-order valence-electron chi connectivity index (χ1n) is 8.89. The fraction of sp³-hybridized carbons (Fsp3) is 0.136. The lowest BCUT2D eigenvalue weighted by Crippen LogP contribution is -2.23. The first-order chi connectivity index (χ1) is 13.3. The number of oxazole rings is 1. The predicted molar refractivity (Wildman–Crippen MR) is 103 cm³/mol. The molecule has 1 N–H and O–H groups in total. The Balaban J connectivity index is 1.43. The Labute approximate surface area is 157 Å². The van der Waals surface area contributed by atoms with Gasteiger partial charge in [-0.3, -0.25) is 9.78 Å². The summed E-state index contributed by atoms with van der Waals surface area (Å²) in [7, 11) is 0. The molecule has 0 bridgehead atoms. The van der Waals surface area contributed by atoms with Crippen LogP contribution in [0.1, 0.15) is 27.5 Å². The Morgan fingerprint density at radius 1 is 0.963 bits per heavy atom. The van der Waals surface area contributed by atoms with Crippen LogP contribution in [0, 0.1) is 0 Å². The van der Waals surface area contributed by atoms with E-state index in [4.69, 9.17) is 4.42 Å². The number of carbonyl (C=O) groups is 1. The molecule has 0 fully saturated rings. The number of nitrogens with one attached hydrogen (secondary N) is 1. The van der Waals surface area contributed by atoms with Crippen LogP contribution in [0.2, 0.25) is 0 Å². The molecular formula is C22H19N3O2. The summed E-state index contributed by atoms with van der Waals surface area (Å²) in [4.78, 5) is 21.1. The van der Waals surface area contributed by atoms with Crippen molar-refractivity contribution in [2.45, 2.75) is 19.4 Å². The van der Waals surface area contributed by atoms with E-state index in [0.29, 0.717) is 23.6 Å². The number of rotatable bonds is 6. The minimum atomic E-state index is -0.162. The number of hydrogen-bond acceptors (Lipinski definition) is 4. The Bertz CT molecular complexity index is 1040. The molecule has 5 nitrogen and oxygen atoms in total. The van der Waals surface area contributed by atoms with Crippen molar-refractivity contribution in [3.05, 3.63) is 95.6 Å². The third-order valence-electron chi connectivity index (χ3n) is 4.32. The average Bonchev–Trinajstić information content (AvgIpc) is 3.14.